The van der Waals surface area contributed by atoms with Crippen molar-refractivity contribution in [1.29, 1.82) is 0 Å². The lowest BCUT2D eigenvalue weighted by Gasteiger charge is -2.12. The van der Waals surface area contributed by atoms with Crippen LogP contribution in [0.5, 0.6) is 0 Å². The van der Waals surface area contributed by atoms with Gasteiger partial charge in [-0.15, -0.1) is 0 Å². The van der Waals surface area contributed by atoms with E-state index in [0.29, 0.717) is 31.1 Å². The Morgan fingerprint density at radius 3 is 2.29 bits per heavy atom. The quantitative estimate of drug-likeness (QED) is 0.347. The van der Waals surface area contributed by atoms with E-state index in [1.165, 1.54) is 9.13 Å². The van der Waals surface area contributed by atoms with E-state index in [1.807, 2.05) is 6.92 Å². The Balaban J connectivity index is 2.24. The Morgan fingerprint density at radius 2 is 1.68 bits per heavy atom. The van der Waals surface area contributed by atoms with Gasteiger partial charge in [0.05, 0.1) is 12.3 Å². The Labute approximate surface area is 203 Å². The molecule has 186 valence electrons. The smallest absolute Gasteiger partial charge is 0.332 e. The fourth-order valence-corrected chi connectivity index (χ4v) is 5.40. The number of halogens is 1. The number of aryl methyl sites for hydroxylation is 1. The van der Waals surface area contributed by atoms with E-state index in [1.54, 1.807) is 38.1 Å². The molecule has 34 heavy (non-hydrogen) atoms. The van der Waals surface area contributed by atoms with E-state index in [4.69, 9.17) is 16.3 Å². The maximum atomic E-state index is 13.5. The number of imidazole rings is 1. The van der Waals surface area contributed by atoms with Gasteiger partial charge in [0, 0.05) is 31.3 Å². The summed E-state index contributed by atoms with van der Waals surface area (Å²) in [5.41, 5.74) is -0.129. The molecule has 11 heteroatoms. The number of nitrogens with zero attached hydrogens (tertiary/aromatic N) is 4. The van der Waals surface area contributed by atoms with Crippen molar-refractivity contribution in [2.75, 3.05) is 19.0 Å². The van der Waals surface area contributed by atoms with Gasteiger partial charge in [0.15, 0.2) is 11.2 Å². The Kier molecular flexibility index (Phi) is 8.72. The molecule has 0 aliphatic rings. The van der Waals surface area contributed by atoms with Crippen molar-refractivity contribution in [1.82, 2.24) is 18.7 Å². The van der Waals surface area contributed by atoms with Gasteiger partial charge in [0.1, 0.15) is 0 Å². The van der Waals surface area contributed by atoms with E-state index in [0.717, 1.165) is 16.6 Å². The predicted octanol–water partition coefficient (Wildman–Crippen LogP) is 3.08. The van der Waals surface area contributed by atoms with Crippen molar-refractivity contribution < 1.29 is 13.2 Å². The first-order valence-corrected chi connectivity index (χ1v) is 13.6. The summed E-state index contributed by atoms with van der Waals surface area (Å²) in [6.45, 7) is 7.07. The summed E-state index contributed by atoms with van der Waals surface area (Å²) in [4.78, 5) is 31.0. The maximum absolute atomic E-state index is 13.5. The number of benzene rings is 1. The van der Waals surface area contributed by atoms with Gasteiger partial charge in [-0.05, 0) is 43.9 Å². The summed E-state index contributed by atoms with van der Waals surface area (Å²) in [7, 11) is -3.78. The molecular formula is C23H31ClN4O5S. The predicted molar refractivity (Wildman–Crippen MR) is 133 cm³/mol. The second-order valence-corrected chi connectivity index (χ2v) is 10.5. The summed E-state index contributed by atoms with van der Waals surface area (Å²) >= 11 is 6.00. The number of ether oxygens (including phenoxy) is 1. The number of sulfone groups is 1. The van der Waals surface area contributed by atoms with Crippen LogP contribution in [0, 0.1) is 0 Å². The zero-order valence-electron chi connectivity index (χ0n) is 19.8. The van der Waals surface area contributed by atoms with Crippen LogP contribution in [0.2, 0.25) is 5.02 Å². The summed E-state index contributed by atoms with van der Waals surface area (Å²) in [6.07, 6.45) is 1.76. The first-order valence-electron chi connectivity index (χ1n) is 11.5. The molecule has 3 aromatic rings. The van der Waals surface area contributed by atoms with Gasteiger partial charge in [-0.3, -0.25) is 13.9 Å². The molecular weight excluding hydrogens is 480 g/mol. The van der Waals surface area contributed by atoms with E-state index in [2.05, 4.69) is 4.98 Å². The van der Waals surface area contributed by atoms with Gasteiger partial charge < -0.3 is 9.30 Å². The molecule has 0 saturated heterocycles. The topological polar surface area (TPSA) is 105 Å². The minimum atomic E-state index is -3.78. The SMILES string of the molecule is CCCOCCCn1c(=O)c2c(nc(S(=O)(=O)CCC)n2Cc2ccc(Cl)cc2)n(CC)c1=O. The van der Waals surface area contributed by atoms with E-state index >= 15 is 0 Å². The summed E-state index contributed by atoms with van der Waals surface area (Å²) in [5.74, 6) is -0.115. The number of fused-ring (bicyclic) bond motifs is 1. The van der Waals surface area contributed by atoms with Crippen LogP contribution in [-0.4, -0.2) is 46.1 Å². The molecule has 0 spiro atoms. The molecule has 0 aliphatic heterocycles. The third kappa shape index (κ3) is 5.45. The lowest BCUT2D eigenvalue weighted by Crippen LogP contribution is -2.40. The van der Waals surface area contributed by atoms with Crippen LogP contribution >= 0.6 is 11.6 Å². The maximum Gasteiger partial charge on any atom is 0.332 e. The molecule has 1 aromatic carbocycles. The number of hydrogen-bond acceptors (Lipinski definition) is 6. The molecule has 0 atom stereocenters. The van der Waals surface area contributed by atoms with Gasteiger partial charge in [0.25, 0.3) is 5.56 Å². The third-order valence-corrected chi connectivity index (χ3v) is 7.49. The van der Waals surface area contributed by atoms with Crippen LogP contribution in [0.1, 0.15) is 45.6 Å². The van der Waals surface area contributed by atoms with Gasteiger partial charge >= 0.3 is 5.69 Å². The van der Waals surface area contributed by atoms with Crippen molar-refractivity contribution in [2.24, 2.45) is 0 Å². The molecule has 0 aliphatic carbocycles. The highest BCUT2D eigenvalue weighted by Gasteiger charge is 2.28. The Hall–Kier alpha value is -2.43. The first kappa shape index (κ1) is 26.2. The fourth-order valence-electron chi connectivity index (χ4n) is 3.84. The second-order valence-electron chi connectivity index (χ2n) is 8.05. The highest BCUT2D eigenvalue weighted by Crippen LogP contribution is 2.21. The van der Waals surface area contributed by atoms with Crippen LogP contribution in [0.15, 0.2) is 39.0 Å². The Morgan fingerprint density at radius 1 is 0.971 bits per heavy atom. The Bertz CT molecular complexity index is 1360. The number of hydrogen-bond donors (Lipinski definition) is 0. The minimum Gasteiger partial charge on any atom is -0.381 e. The fraction of sp³-hybridized carbons (Fsp3) is 0.522. The van der Waals surface area contributed by atoms with E-state index < -0.39 is 21.1 Å². The summed E-state index contributed by atoms with van der Waals surface area (Å²) in [5, 5.41) is 0.340. The van der Waals surface area contributed by atoms with Gasteiger partial charge in [-0.1, -0.05) is 37.6 Å². The average molecular weight is 511 g/mol. The van der Waals surface area contributed by atoms with Gasteiger partial charge in [0.2, 0.25) is 15.0 Å². The minimum absolute atomic E-state index is 0.0830. The third-order valence-electron chi connectivity index (χ3n) is 5.42. The zero-order chi connectivity index (χ0) is 24.9. The molecule has 0 amide bonds. The van der Waals surface area contributed by atoms with Crippen LogP contribution in [0.4, 0.5) is 0 Å². The van der Waals surface area contributed by atoms with Crippen molar-refractivity contribution in [3.63, 3.8) is 0 Å². The van der Waals surface area contributed by atoms with E-state index in [9.17, 15) is 18.0 Å². The molecule has 2 heterocycles. The van der Waals surface area contributed by atoms with Crippen LogP contribution < -0.4 is 11.2 Å². The van der Waals surface area contributed by atoms with Crippen molar-refractivity contribution in [3.05, 3.63) is 55.7 Å². The monoisotopic (exact) mass is 510 g/mol. The largest absolute Gasteiger partial charge is 0.381 e. The molecule has 0 radical (unpaired) electrons. The molecule has 2 aromatic heterocycles. The molecule has 0 bridgehead atoms. The number of aromatic nitrogens is 4. The molecule has 3 rings (SSSR count). The molecule has 0 N–H and O–H groups in total. The van der Waals surface area contributed by atoms with E-state index in [-0.39, 0.29) is 41.7 Å². The van der Waals surface area contributed by atoms with Crippen LogP contribution in [0.25, 0.3) is 11.2 Å². The molecule has 0 saturated carbocycles. The molecule has 9 nitrogen and oxygen atoms in total. The lowest BCUT2D eigenvalue weighted by molar-refractivity contribution is 0.129. The van der Waals surface area contributed by atoms with Crippen molar-refractivity contribution >= 4 is 32.6 Å². The molecule has 0 unspecified atom stereocenters. The summed E-state index contributed by atoms with van der Waals surface area (Å²) < 4.78 is 35.6. The van der Waals surface area contributed by atoms with Crippen molar-refractivity contribution in [2.45, 2.75) is 64.8 Å². The van der Waals surface area contributed by atoms with Crippen molar-refractivity contribution in [3.8, 4) is 0 Å². The van der Waals surface area contributed by atoms with Crippen LogP contribution in [0.3, 0.4) is 0 Å². The van der Waals surface area contributed by atoms with Gasteiger partial charge in [-0.25, -0.2) is 13.2 Å². The molecule has 0 fully saturated rings. The standard InChI is InChI=1S/C23H31ClN4O5S/c1-4-13-33-14-7-12-27-21(29)19-20(26(6-3)23(27)30)25-22(34(31,32)15-5-2)28(19)16-17-8-10-18(24)11-9-17/h8-11H,4-7,12-16H2,1-3H3. The van der Waals surface area contributed by atoms with Gasteiger partial charge in [-0.2, -0.15) is 4.98 Å². The lowest BCUT2D eigenvalue weighted by atomic mass is 10.2. The summed E-state index contributed by atoms with van der Waals surface area (Å²) in [6, 6.07) is 6.94. The number of rotatable bonds is 12. The van der Waals surface area contributed by atoms with Crippen LogP contribution in [-0.2, 0) is 34.2 Å². The first-order chi connectivity index (χ1) is 16.2. The highest BCUT2D eigenvalue weighted by atomic mass is 35.5. The average Bonchev–Trinajstić information content (AvgIpc) is 3.17. The normalized spacial score (nSPS) is 12.0. The zero-order valence-corrected chi connectivity index (χ0v) is 21.4. The second kappa shape index (κ2) is 11.3. The highest BCUT2D eigenvalue weighted by molar-refractivity contribution is 7.91.